The van der Waals surface area contributed by atoms with Crippen molar-refractivity contribution in [1.82, 2.24) is 10.9 Å². The van der Waals surface area contributed by atoms with Gasteiger partial charge in [0.25, 0.3) is 11.8 Å². The summed E-state index contributed by atoms with van der Waals surface area (Å²) in [5.74, 6) is 0.0575. The Labute approximate surface area is 131 Å². The summed E-state index contributed by atoms with van der Waals surface area (Å²) in [5, 5.41) is 0.576. The highest BCUT2D eigenvalue weighted by molar-refractivity contribution is 6.30. The standard InChI is InChI=1S/C15H13ClN2O4/c16-11-3-5-13(6-4-11)22-10-15(20)18-17-14(19)8-7-12-2-1-9-21-12/h1-9H,10H2,(H,17,19)(H,18,20). The van der Waals surface area contributed by atoms with E-state index in [2.05, 4.69) is 10.9 Å². The zero-order chi connectivity index (χ0) is 15.8. The minimum atomic E-state index is -0.491. The first-order valence-electron chi connectivity index (χ1n) is 6.32. The topological polar surface area (TPSA) is 80.6 Å². The molecule has 0 saturated heterocycles. The van der Waals surface area contributed by atoms with Crippen LogP contribution in [0.5, 0.6) is 5.75 Å². The van der Waals surface area contributed by atoms with Crippen molar-refractivity contribution >= 4 is 29.5 Å². The van der Waals surface area contributed by atoms with E-state index in [1.54, 1.807) is 36.4 Å². The summed E-state index contributed by atoms with van der Waals surface area (Å²) in [6.45, 7) is -0.232. The van der Waals surface area contributed by atoms with Gasteiger partial charge in [-0.3, -0.25) is 20.4 Å². The van der Waals surface area contributed by atoms with E-state index >= 15 is 0 Å². The van der Waals surface area contributed by atoms with E-state index < -0.39 is 11.8 Å². The molecule has 0 aliphatic heterocycles. The first-order valence-corrected chi connectivity index (χ1v) is 6.70. The lowest BCUT2D eigenvalue weighted by Crippen LogP contribution is -2.43. The van der Waals surface area contributed by atoms with Gasteiger partial charge in [-0.2, -0.15) is 0 Å². The van der Waals surface area contributed by atoms with Crippen molar-refractivity contribution in [3.05, 3.63) is 59.5 Å². The van der Waals surface area contributed by atoms with Gasteiger partial charge < -0.3 is 9.15 Å². The Kier molecular flexibility index (Phi) is 5.62. The summed E-state index contributed by atoms with van der Waals surface area (Å²) < 4.78 is 10.2. The Morgan fingerprint density at radius 3 is 2.64 bits per heavy atom. The Hall–Kier alpha value is -2.73. The fraction of sp³-hybridized carbons (Fsp3) is 0.0667. The monoisotopic (exact) mass is 320 g/mol. The van der Waals surface area contributed by atoms with Crippen LogP contribution < -0.4 is 15.6 Å². The first-order chi connectivity index (χ1) is 10.6. The molecule has 2 amide bonds. The number of hydrazine groups is 1. The molecule has 1 heterocycles. The highest BCUT2D eigenvalue weighted by atomic mass is 35.5. The van der Waals surface area contributed by atoms with Crippen LogP contribution in [0.3, 0.4) is 0 Å². The lowest BCUT2D eigenvalue weighted by Gasteiger charge is -2.07. The normalized spacial score (nSPS) is 10.4. The number of hydrogen-bond donors (Lipinski definition) is 2. The summed E-state index contributed by atoms with van der Waals surface area (Å²) in [6, 6.07) is 9.97. The van der Waals surface area contributed by atoms with E-state index in [0.717, 1.165) is 0 Å². The number of carbonyl (C=O) groups is 2. The molecule has 2 aromatic rings. The number of halogens is 1. The maximum Gasteiger partial charge on any atom is 0.276 e. The van der Waals surface area contributed by atoms with Crippen molar-refractivity contribution in [1.29, 1.82) is 0 Å². The van der Waals surface area contributed by atoms with Crippen molar-refractivity contribution in [2.24, 2.45) is 0 Å². The summed E-state index contributed by atoms with van der Waals surface area (Å²) in [7, 11) is 0. The van der Waals surface area contributed by atoms with Crippen molar-refractivity contribution in [3.8, 4) is 5.75 Å². The second kappa shape index (κ2) is 7.90. The SMILES string of the molecule is O=C(C=Cc1ccco1)NNC(=O)COc1ccc(Cl)cc1. The predicted molar refractivity (Wildman–Crippen MR) is 81.0 cm³/mol. The van der Waals surface area contributed by atoms with Crippen molar-refractivity contribution in [2.75, 3.05) is 6.61 Å². The minimum Gasteiger partial charge on any atom is -0.484 e. The minimum absolute atomic E-state index is 0.232. The molecule has 2 N–H and O–H groups in total. The molecule has 0 fully saturated rings. The molecule has 22 heavy (non-hydrogen) atoms. The van der Waals surface area contributed by atoms with Crippen LogP contribution in [0.4, 0.5) is 0 Å². The summed E-state index contributed by atoms with van der Waals surface area (Å²) in [6.07, 6.45) is 4.21. The second-order valence-electron chi connectivity index (χ2n) is 4.13. The molecule has 0 radical (unpaired) electrons. The number of rotatable bonds is 5. The quantitative estimate of drug-likeness (QED) is 0.653. The van der Waals surface area contributed by atoms with Gasteiger partial charge in [-0.25, -0.2) is 0 Å². The molecule has 114 valence electrons. The van der Waals surface area contributed by atoms with Crippen LogP contribution in [0, 0.1) is 0 Å². The Morgan fingerprint density at radius 2 is 1.95 bits per heavy atom. The van der Waals surface area contributed by atoms with E-state index in [1.165, 1.54) is 18.4 Å². The van der Waals surface area contributed by atoms with E-state index in [1.807, 2.05) is 0 Å². The third kappa shape index (κ3) is 5.34. The fourth-order valence-electron chi connectivity index (χ4n) is 1.43. The number of nitrogens with one attached hydrogen (secondary N) is 2. The van der Waals surface area contributed by atoms with Crippen LogP contribution in [-0.4, -0.2) is 18.4 Å². The van der Waals surface area contributed by atoms with Crippen LogP contribution >= 0.6 is 11.6 Å². The van der Waals surface area contributed by atoms with Gasteiger partial charge in [0.2, 0.25) is 0 Å². The second-order valence-corrected chi connectivity index (χ2v) is 4.57. The van der Waals surface area contributed by atoms with Gasteiger partial charge in [0, 0.05) is 11.1 Å². The number of amides is 2. The molecule has 6 nitrogen and oxygen atoms in total. The van der Waals surface area contributed by atoms with Crippen molar-refractivity contribution in [2.45, 2.75) is 0 Å². The average molecular weight is 321 g/mol. The Bertz CT molecular complexity index is 651. The molecule has 7 heteroatoms. The number of furan rings is 1. The summed E-state index contributed by atoms with van der Waals surface area (Å²) >= 11 is 5.73. The van der Waals surface area contributed by atoms with Gasteiger partial charge in [0.05, 0.1) is 6.26 Å². The molecule has 2 rings (SSSR count). The molecular formula is C15H13ClN2O4. The third-order valence-corrected chi connectivity index (χ3v) is 2.70. The molecule has 0 atom stereocenters. The molecule has 0 bridgehead atoms. The van der Waals surface area contributed by atoms with E-state index in [9.17, 15) is 9.59 Å². The van der Waals surface area contributed by atoms with E-state index in [4.69, 9.17) is 20.8 Å². The molecule has 1 aromatic carbocycles. The first kappa shape index (κ1) is 15.7. The maximum atomic E-state index is 11.5. The molecule has 0 aliphatic rings. The molecule has 0 unspecified atom stereocenters. The van der Waals surface area contributed by atoms with Crippen LogP contribution in [0.15, 0.2) is 53.2 Å². The predicted octanol–water partition coefficient (Wildman–Crippen LogP) is 2.17. The largest absolute Gasteiger partial charge is 0.484 e. The highest BCUT2D eigenvalue weighted by Crippen LogP contribution is 2.15. The molecule has 0 spiro atoms. The van der Waals surface area contributed by atoms with E-state index in [0.29, 0.717) is 16.5 Å². The number of benzene rings is 1. The molecule has 0 saturated carbocycles. The van der Waals surface area contributed by atoms with Crippen molar-refractivity contribution < 1.29 is 18.7 Å². The lowest BCUT2D eigenvalue weighted by atomic mass is 10.3. The van der Waals surface area contributed by atoms with Gasteiger partial charge in [0.15, 0.2) is 6.61 Å². The zero-order valence-electron chi connectivity index (χ0n) is 11.4. The van der Waals surface area contributed by atoms with E-state index in [-0.39, 0.29) is 6.61 Å². The Morgan fingerprint density at radius 1 is 1.18 bits per heavy atom. The number of hydrogen-bond acceptors (Lipinski definition) is 4. The smallest absolute Gasteiger partial charge is 0.276 e. The van der Waals surface area contributed by atoms with Crippen molar-refractivity contribution in [3.63, 3.8) is 0 Å². The summed E-state index contributed by atoms with van der Waals surface area (Å²) in [5.41, 5.74) is 4.44. The molecule has 1 aromatic heterocycles. The van der Waals surface area contributed by atoms with Crippen LogP contribution in [0.1, 0.15) is 5.76 Å². The van der Waals surface area contributed by atoms with Gasteiger partial charge in [-0.15, -0.1) is 0 Å². The number of carbonyl (C=O) groups excluding carboxylic acids is 2. The van der Waals surface area contributed by atoms with Crippen LogP contribution in [0.25, 0.3) is 6.08 Å². The van der Waals surface area contributed by atoms with Gasteiger partial charge in [-0.05, 0) is 42.5 Å². The van der Waals surface area contributed by atoms with Gasteiger partial charge >= 0.3 is 0 Å². The third-order valence-electron chi connectivity index (χ3n) is 2.45. The highest BCUT2D eigenvalue weighted by Gasteiger charge is 2.04. The van der Waals surface area contributed by atoms with Crippen LogP contribution in [-0.2, 0) is 9.59 Å². The van der Waals surface area contributed by atoms with Gasteiger partial charge in [-0.1, -0.05) is 11.6 Å². The zero-order valence-corrected chi connectivity index (χ0v) is 12.2. The number of ether oxygens (including phenoxy) is 1. The lowest BCUT2D eigenvalue weighted by molar-refractivity contribution is -0.128. The Balaban J connectivity index is 1.68. The average Bonchev–Trinajstić information content (AvgIpc) is 3.04. The molecular weight excluding hydrogens is 308 g/mol. The molecule has 0 aliphatic carbocycles. The van der Waals surface area contributed by atoms with Gasteiger partial charge in [0.1, 0.15) is 11.5 Å². The fourth-order valence-corrected chi connectivity index (χ4v) is 1.56. The van der Waals surface area contributed by atoms with Crippen LogP contribution in [0.2, 0.25) is 5.02 Å². The summed E-state index contributed by atoms with van der Waals surface area (Å²) in [4.78, 5) is 22.9. The maximum absolute atomic E-state index is 11.5.